The molecule has 1 aliphatic rings. The van der Waals surface area contributed by atoms with Crippen molar-refractivity contribution in [2.75, 3.05) is 13.1 Å². The Morgan fingerprint density at radius 1 is 1.15 bits per heavy atom. The zero-order valence-electron chi connectivity index (χ0n) is 16.2. The third-order valence-electron chi connectivity index (χ3n) is 5.21. The highest BCUT2D eigenvalue weighted by atomic mass is 19.1. The van der Waals surface area contributed by atoms with Crippen LogP contribution in [-0.4, -0.2) is 27.5 Å². The van der Waals surface area contributed by atoms with Gasteiger partial charge in [0.25, 0.3) is 5.56 Å². The summed E-state index contributed by atoms with van der Waals surface area (Å²) in [5, 5.41) is 0. The van der Waals surface area contributed by atoms with Crippen LogP contribution in [0.4, 0.5) is 8.78 Å². The summed E-state index contributed by atoms with van der Waals surface area (Å²) in [5.41, 5.74) is 1.04. The molecule has 1 aromatic heterocycles. The molecule has 2 aromatic rings. The predicted octanol–water partition coefficient (Wildman–Crippen LogP) is 3.73. The minimum absolute atomic E-state index is 0.0146. The van der Waals surface area contributed by atoms with E-state index in [9.17, 15) is 13.6 Å². The fraction of sp³-hybridized carbons (Fsp3) is 0.524. The number of rotatable bonds is 4. The first kappa shape index (κ1) is 19.7. The molecule has 0 radical (unpaired) electrons. The average molecular weight is 375 g/mol. The van der Waals surface area contributed by atoms with Crippen LogP contribution in [0.5, 0.6) is 0 Å². The topological polar surface area (TPSA) is 38.1 Å². The molecule has 0 saturated carbocycles. The number of piperidine rings is 1. The summed E-state index contributed by atoms with van der Waals surface area (Å²) in [5.74, 6) is -0.388. The zero-order chi connectivity index (χ0) is 19.6. The van der Waals surface area contributed by atoms with Crippen LogP contribution >= 0.6 is 0 Å². The van der Waals surface area contributed by atoms with Crippen LogP contribution in [0.15, 0.2) is 35.4 Å². The van der Waals surface area contributed by atoms with E-state index in [0.29, 0.717) is 24.6 Å². The molecule has 6 heteroatoms. The van der Waals surface area contributed by atoms with E-state index in [4.69, 9.17) is 0 Å². The first-order valence-electron chi connectivity index (χ1n) is 9.45. The van der Waals surface area contributed by atoms with Gasteiger partial charge in [-0.2, -0.15) is 0 Å². The first-order valence-corrected chi connectivity index (χ1v) is 9.45. The van der Waals surface area contributed by atoms with Crippen LogP contribution in [0.25, 0.3) is 0 Å². The van der Waals surface area contributed by atoms with Crippen LogP contribution in [0.2, 0.25) is 0 Å². The lowest BCUT2D eigenvalue weighted by atomic mass is 9.92. The lowest BCUT2D eigenvalue weighted by Crippen LogP contribution is -2.36. The van der Waals surface area contributed by atoms with Gasteiger partial charge in [0.1, 0.15) is 11.6 Å². The standard InChI is InChI=1S/C21H27F2N3O/c1-21(2,3)19-11-20(27)26(14-24-19)12-15-6-8-25(9-7-15)13-16-10-17(22)4-5-18(16)23/h4-5,10-11,14-15H,6-9,12-13H2,1-3H3. The van der Waals surface area contributed by atoms with Gasteiger partial charge in [0.2, 0.25) is 0 Å². The number of benzene rings is 1. The van der Waals surface area contributed by atoms with Crippen molar-refractivity contribution in [1.82, 2.24) is 14.5 Å². The molecule has 3 rings (SSSR count). The fourth-order valence-electron chi connectivity index (χ4n) is 3.48. The molecule has 2 heterocycles. The Morgan fingerprint density at radius 2 is 1.85 bits per heavy atom. The van der Waals surface area contributed by atoms with Crippen molar-refractivity contribution < 1.29 is 8.78 Å². The normalized spacial score (nSPS) is 16.6. The highest BCUT2D eigenvalue weighted by Gasteiger charge is 2.22. The highest BCUT2D eigenvalue weighted by molar-refractivity contribution is 5.18. The molecule has 0 N–H and O–H groups in total. The van der Waals surface area contributed by atoms with Crippen molar-refractivity contribution in [3.05, 3.63) is 63.8 Å². The Bertz CT molecular complexity index is 849. The molecule has 1 fully saturated rings. The van der Waals surface area contributed by atoms with E-state index >= 15 is 0 Å². The third-order valence-corrected chi connectivity index (χ3v) is 5.21. The smallest absolute Gasteiger partial charge is 0.253 e. The third kappa shape index (κ3) is 5.01. The Labute approximate surface area is 158 Å². The van der Waals surface area contributed by atoms with Crippen molar-refractivity contribution in [1.29, 1.82) is 0 Å². The molecule has 1 aliphatic heterocycles. The average Bonchev–Trinajstić information content (AvgIpc) is 2.60. The maximum atomic E-state index is 13.8. The molecule has 0 amide bonds. The van der Waals surface area contributed by atoms with E-state index in [1.807, 2.05) is 20.8 Å². The second-order valence-corrected chi connectivity index (χ2v) is 8.47. The quantitative estimate of drug-likeness (QED) is 0.817. The zero-order valence-corrected chi connectivity index (χ0v) is 16.2. The van der Waals surface area contributed by atoms with E-state index in [-0.39, 0.29) is 16.8 Å². The summed E-state index contributed by atoms with van der Waals surface area (Å²) >= 11 is 0. The van der Waals surface area contributed by atoms with Crippen molar-refractivity contribution in [2.45, 2.75) is 52.1 Å². The summed E-state index contributed by atoms with van der Waals surface area (Å²) in [6, 6.07) is 5.21. The molecule has 0 atom stereocenters. The van der Waals surface area contributed by atoms with Gasteiger partial charge in [-0.05, 0) is 50.0 Å². The second kappa shape index (κ2) is 7.89. The number of nitrogens with zero attached hydrogens (tertiary/aromatic N) is 3. The van der Waals surface area contributed by atoms with Crippen LogP contribution in [-0.2, 0) is 18.5 Å². The van der Waals surface area contributed by atoms with Gasteiger partial charge in [-0.15, -0.1) is 0 Å². The molecule has 0 spiro atoms. The fourth-order valence-corrected chi connectivity index (χ4v) is 3.48. The maximum absolute atomic E-state index is 13.8. The van der Waals surface area contributed by atoms with Gasteiger partial charge in [-0.25, -0.2) is 13.8 Å². The van der Waals surface area contributed by atoms with Crippen molar-refractivity contribution in [2.24, 2.45) is 5.92 Å². The first-order chi connectivity index (χ1) is 12.7. The molecule has 0 bridgehead atoms. The van der Waals surface area contributed by atoms with Crippen molar-refractivity contribution in [3.8, 4) is 0 Å². The lowest BCUT2D eigenvalue weighted by molar-refractivity contribution is 0.164. The van der Waals surface area contributed by atoms with E-state index in [1.165, 1.54) is 12.1 Å². The van der Waals surface area contributed by atoms with Gasteiger partial charge in [0.15, 0.2) is 0 Å². The summed E-state index contributed by atoms with van der Waals surface area (Å²) in [6.07, 6.45) is 3.49. The number of hydrogen-bond donors (Lipinski definition) is 0. The second-order valence-electron chi connectivity index (χ2n) is 8.47. The van der Waals surface area contributed by atoms with Crippen molar-refractivity contribution >= 4 is 0 Å². The van der Waals surface area contributed by atoms with Gasteiger partial charge < -0.3 is 0 Å². The highest BCUT2D eigenvalue weighted by Crippen LogP contribution is 2.22. The monoisotopic (exact) mass is 375 g/mol. The summed E-state index contributed by atoms with van der Waals surface area (Å²) in [4.78, 5) is 18.9. The van der Waals surface area contributed by atoms with Crippen LogP contribution < -0.4 is 5.56 Å². The minimum atomic E-state index is -0.410. The SMILES string of the molecule is CC(C)(C)c1cc(=O)n(CC2CCN(Cc3cc(F)ccc3F)CC2)cn1. The maximum Gasteiger partial charge on any atom is 0.253 e. The van der Waals surface area contributed by atoms with E-state index in [2.05, 4.69) is 9.88 Å². The van der Waals surface area contributed by atoms with Gasteiger partial charge in [0, 0.05) is 30.1 Å². The van der Waals surface area contributed by atoms with Crippen LogP contribution in [0, 0.1) is 17.6 Å². The molecule has 0 aliphatic carbocycles. The Kier molecular flexibility index (Phi) is 5.75. The lowest BCUT2D eigenvalue weighted by Gasteiger charge is -2.32. The minimum Gasteiger partial charge on any atom is -0.299 e. The molecular weight excluding hydrogens is 348 g/mol. The number of aromatic nitrogens is 2. The Morgan fingerprint density at radius 3 is 2.48 bits per heavy atom. The summed E-state index contributed by atoms with van der Waals surface area (Å²) in [6.45, 7) is 8.80. The number of likely N-dealkylation sites (tertiary alicyclic amines) is 1. The van der Waals surface area contributed by atoms with Gasteiger partial charge in [-0.1, -0.05) is 20.8 Å². The Balaban J connectivity index is 1.57. The van der Waals surface area contributed by atoms with E-state index in [0.717, 1.165) is 37.7 Å². The largest absolute Gasteiger partial charge is 0.299 e. The van der Waals surface area contributed by atoms with E-state index < -0.39 is 5.82 Å². The molecule has 4 nitrogen and oxygen atoms in total. The molecule has 146 valence electrons. The molecule has 27 heavy (non-hydrogen) atoms. The molecule has 0 unspecified atom stereocenters. The van der Waals surface area contributed by atoms with Crippen molar-refractivity contribution in [3.63, 3.8) is 0 Å². The Hall–Kier alpha value is -2.08. The molecule has 1 aromatic carbocycles. The van der Waals surface area contributed by atoms with Crippen LogP contribution in [0.3, 0.4) is 0 Å². The summed E-state index contributed by atoms with van der Waals surface area (Å²) in [7, 11) is 0. The predicted molar refractivity (Wildman–Crippen MR) is 102 cm³/mol. The number of hydrogen-bond acceptors (Lipinski definition) is 3. The van der Waals surface area contributed by atoms with Gasteiger partial charge in [-0.3, -0.25) is 14.3 Å². The van der Waals surface area contributed by atoms with Crippen LogP contribution in [0.1, 0.15) is 44.9 Å². The summed E-state index contributed by atoms with van der Waals surface area (Å²) < 4.78 is 28.8. The molecule has 1 saturated heterocycles. The van der Waals surface area contributed by atoms with Gasteiger partial charge in [0.05, 0.1) is 12.0 Å². The van der Waals surface area contributed by atoms with E-state index in [1.54, 1.807) is 17.0 Å². The molecular formula is C21H27F2N3O. The van der Waals surface area contributed by atoms with Gasteiger partial charge >= 0.3 is 0 Å². The number of halogens is 2.